The number of carbonyl (C=O) groups is 7. The van der Waals surface area contributed by atoms with Crippen LogP contribution in [0.2, 0.25) is 0 Å². The van der Waals surface area contributed by atoms with Crippen LogP contribution in [0, 0.1) is 17.4 Å². The van der Waals surface area contributed by atoms with E-state index in [9.17, 15) is 43.9 Å². The molecule has 0 saturated heterocycles. The fourth-order valence-corrected chi connectivity index (χ4v) is 13.3. The van der Waals surface area contributed by atoms with E-state index in [1.807, 2.05) is 120 Å². The molecule has 6 amide bonds. The number of unbranched alkanes of at least 4 members (excludes halogenated alkanes) is 3. The molecule has 484 valence electrons. The van der Waals surface area contributed by atoms with Gasteiger partial charge in [-0.1, -0.05) is 81.3 Å². The lowest BCUT2D eigenvalue weighted by Gasteiger charge is -2.48. The average Bonchev–Trinajstić information content (AvgIpc) is 1.39. The topological polar surface area (TPSA) is 250 Å². The average molecular weight is 1250 g/mol. The molecule has 5 aromatic carbocycles. The normalized spacial score (nSPS) is 20.6. The summed E-state index contributed by atoms with van der Waals surface area (Å²) in [6, 6.07) is 28.2. The van der Waals surface area contributed by atoms with E-state index in [-0.39, 0.29) is 49.2 Å². The van der Waals surface area contributed by atoms with E-state index in [0.717, 1.165) is 55.7 Å². The number of hydrogen-bond acceptors (Lipinski definition) is 12. The summed E-state index contributed by atoms with van der Waals surface area (Å²) in [5, 5.41) is 34.1. The van der Waals surface area contributed by atoms with Crippen molar-refractivity contribution in [2.45, 2.75) is 147 Å². The van der Waals surface area contributed by atoms with Crippen LogP contribution in [0.3, 0.4) is 0 Å². The van der Waals surface area contributed by atoms with Crippen molar-refractivity contribution >= 4 is 63.7 Å². The van der Waals surface area contributed by atoms with Crippen molar-refractivity contribution in [3.8, 4) is 11.9 Å². The van der Waals surface area contributed by atoms with Crippen molar-refractivity contribution in [2.24, 2.45) is 5.92 Å². The number of phenolic OH excluding ortho intramolecular Hbond substituents is 1. The number of cyclic esters (lactones) is 1. The van der Waals surface area contributed by atoms with E-state index in [1.54, 1.807) is 37.4 Å². The number of aromatic hydroxyl groups is 1. The number of nitrogens with one attached hydrogen (secondary N) is 5. The van der Waals surface area contributed by atoms with Gasteiger partial charge >= 0.3 is 5.97 Å². The predicted molar refractivity (Wildman–Crippen MR) is 356 cm³/mol. The second-order valence-electron chi connectivity index (χ2n) is 26.0. The number of anilines is 2. The molecule has 3 aliphatic rings. The van der Waals surface area contributed by atoms with Gasteiger partial charge in [0.1, 0.15) is 23.4 Å². The van der Waals surface area contributed by atoms with Gasteiger partial charge in [-0.2, -0.15) is 5.26 Å². The number of phenols is 1. The minimum atomic E-state index is -1.34. The number of ether oxygens (including phenoxy) is 1. The number of aromatic nitrogens is 1. The number of amides is 6. The second kappa shape index (κ2) is 28.8. The van der Waals surface area contributed by atoms with Crippen LogP contribution in [-0.2, 0) is 46.1 Å². The summed E-state index contributed by atoms with van der Waals surface area (Å²) >= 11 is 0. The van der Waals surface area contributed by atoms with Crippen LogP contribution in [0.1, 0.15) is 171 Å². The Morgan fingerprint density at radius 2 is 1.42 bits per heavy atom. The SMILES string of the molecule is C/C1=C\CC[C@H](C)OC(=O)C[C@H](c2ccc(O)cc2)NC(=O)[C@@H](Cc2c[nH]c3ccccc23)N(C)C(=O)C(CCCCNC(=O)CCCCCNC(=O)c2ccc3c(c2)C2(c4ccc(N(C)C)cc4C(C)(C)c4cc(N(C)C)ccc42)N(C#N)C3=O)NC(=O)[C@@H](C)C1. The monoisotopic (exact) mass is 1250 g/mol. The molecule has 9 rings (SSSR count). The largest absolute Gasteiger partial charge is 0.508 e. The van der Waals surface area contributed by atoms with Gasteiger partial charge < -0.3 is 50.8 Å². The number of carbonyl (C=O) groups excluding carboxylic acids is 7. The summed E-state index contributed by atoms with van der Waals surface area (Å²) in [6.45, 7) is 10.6. The van der Waals surface area contributed by atoms with E-state index in [1.165, 1.54) is 21.9 Å². The third-order valence-electron chi connectivity index (χ3n) is 18.6. The zero-order valence-corrected chi connectivity index (χ0v) is 54.7. The molecule has 3 heterocycles. The minimum Gasteiger partial charge on any atom is -0.508 e. The lowest BCUT2D eigenvalue weighted by molar-refractivity contribution is -0.149. The highest BCUT2D eigenvalue weighted by Gasteiger charge is 2.59. The molecule has 19 heteroatoms. The highest BCUT2D eigenvalue weighted by molar-refractivity contribution is 6.05. The summed E-state index contributed by atoms with van der Waals surface area (Å²) in [4.78, 5) is 109. The van der Waals surface area contributed by atoms with Crippen LogP contribution in [0.25, 0.3) is 10.9 Å². The Balaban J connectivity index is 0.827. The third-order valence-corrected chi connectivity index (χ3v) is 18.6. The third kappa shape index (κ3) is 14.3. The summed E-state index contributed by atoms with van der Waals surface area (Å²) in [5.41, 5.74) is 8.07. The highest BCUT2D eigenvalue weighted by atomic mass is 16.5. The van der Waals surface area contributed by atoms with Crippen molar-refractivity contribution < 1.29 is 43.4 Å². The molecule has 6 N–H and O–H groups in total. The quantitative estimate of drug-likeness (QED) is 0.0216. The molecule has 1 unspecified atom stereocenters. The first kappa shape index (κ1) is 67.0. The molecular formula is C73H88N10O9. The summed E-state index contributed by atoms with van der Waals surface area (Å²) < 4.78 is 5.83. The van der Waals surface area contributed by atoms with Gasteiger partial charge in [-0.05, 0) is 159 Å². The van der Waals surface area contributed by atoms with Gasteiger partial charge in [-0.15, -0.1) is 0 Å². The van der Waals surface area contributed by atoms with Gasteiger partial charge in [0.05, 0.1) is 18.6 Å². The number of fused-ring (bicyclic) bond motifs is 7. The Labute approximate surface area is 539 Å². The smallest absolute Gasteiger partial charge is 0.308 e. The molecule has 1 spiro atoms. The van der Waals surface area contributed by atoms with Crippen molar-refractivity contribution in [1.82, 2.24) is 36.1 Å². The highest BCUT2D eigenvalue weighted by Crippen LogP contribution is 2.58. The molecular weight excluding hydrogens is 1160 g/mol. The Morgan fingerprint density at radius 3 is 2.10 bits per heavy atom. The van der Waals surface area contributed by atoms with Gasteiger partial charge in [0, 0.05) is 118 Å². The number of nitrogens with zero attached hydrogens (tertiary/aromatic N) is 5. The number of esters is 1. The number of hydrogen-bond donors (Lipinski definition) is 6. The minimum absolute atomic E-state index is 0.0112. The molecule has 6 aromatic rings. The summed E-state index contributed by atoms with van der Waals surface area (Å²) in [7, 11) is 9.46. The first-order valence-corrected chi connectivity index (χ1v) is 32.1. The van der Waals surface area contributed by atoms with Crippen molar-refractivity contribution in [2.75, 3.05) is 58.1 Å². The molecule has 1 aliphatic carbocycles. The fraction of sp³-hybridized carbons (Fsp3) is 0.425. The lowest BCUT2D eigenvalue weighted by Crippen LogP contribution is -2.56. The van der Waals surface area contributed by atoms with E-state index < -0.39 is 64.8 Å². The van der Waals surface area contributed by atoms with Gasteiger partial charge in [0.2, 0.25) is 23.6 Å². The second-order valence-corrected chi connectivity index (χ2v) is 26.0. The molecule has 5 atom stereocenters. The number of para-hydroxylation sites is 1. The van der Waals surface area contributed by atoms with E-state index >= 15 is 0 Å². The van der Waals surface area contributed by atoms with Crippen LogP contribution < -0.4 is 31.1 Å². The Hall–Kier alpha value is -9.44. The molecule has 0 saturated carbocycles. The van der Waals surface area contributed by atoms with E-state index in [4.69, 9.17) is 4.74 Å². The summed E-state index contributed by atoms with van der Waals surface area (Å²) in [5.74, 6) is -3.24. The Morgan fingerprint density at radius 1 is 0.761 bits per heavy atom. The van der Waals surface area contributed by atoms with Crippen molar-refractivity contribution in [3.05, 3.63) is 171 Å². The maximum atomic E-state index is 15.0. The number of aromatic amines is 1. The van der Waals surface area contributed by atoms with Gasteiger partial charge in [0.15, 0.2) is 6.19 Å². The number of benzene rings is 5. The van der Waals surface area contributed by atoms with E-state index in [2.05, 4.69) is 58.4 Å². The van der Waals surface area contributed by atoms with Gasteiger partial charge in [-0.3, -0.25) is 33.6 Å². The standard InChI is InChI=1S/C73H88N10O9/c1-45-19-18-20-47(3)92-66(86)42-63(48-25-30-53(84)31-26-48)79-69(89)64(39-50-43-77-61-22-14-13-21-54(50)61)82(10)71(91)62(78-67(87)46(2)37-45)23-15-17-35-75-65(85)24-12-11-16-36-76-68(88)49-27-32-55-58(38-49)73(83(44-74)70(55)90)56-33-28-51(80(6)7)40-59(56)72(4,5)60-41-52(81(8)9)29-34-57(60)73/h13-14,19,21-22,25-34,38,40-41,43,46-47,62-64,77,84H,11-12,15-18,20,23-24,35-37,39,42H2,1-10H3,(H,75,85)(H,76,88)(H,78,87)(H,79,89)/b45-19+/t46-,47-,62?,63+,64+/m0/s1. The molecule has 19 nitrogen and oxygen atoms in total. The summed E-state index contributed by atoms with van der Waals surface area (Å²) in [6.07, 6.45) is 10.4. The molecule has 1 aromatic heterocycles. The van der Waals surface area contributed by atoms with Crippen LogP contribution >= 0.6 is 0 Å². The zero-order chi connectivity index (χ0) is 66.2. The van der Waals surface area contributed by atoms with Crippen LogP contribution in [0.15, 0.2) is 121 Å². The predicted octanol–water partition coefficient (Wildman–Crippen LogP) is 9.95. The number of rotatable bonds is 17. The number of H-pyrrole nitrogens is 1. The Kier molecular flexibility index (Phi) is 21.0. The van der Waals surface area contributed by atoms with Crippen molar-refractivity contribution in [1.29, 1.82) is 5.26 Å². The molecule has 0 radical (unpaired) electrons. The van der Waals surface area contributed by atoms with Gasteiger partial charge in [0.25, 0.3) is 11.8 Å². The number of likely N-dealkylation sites (N-methyl/N-ethyl adjacent to an activating group) is 1. The maximum Gasteiger partial charge on any atom is 0.308 e. The molecule has 0 fully saturated rings. The number of allylic oxidation sites excluding steroid dienone is 2. The van der Waals surface area contributed by atoms with Crippen LogP contribution in [-0.4, -0.2) is 128 Å². The van der Waals surface area contributed by atoms with Gasteiger partial charge in [-0.25, -0.2) is 4.90 Å². The van der Waals surface area contributed by atoms with E-state index in [0.29, 0.717) is 86.7 Å². The lowest BCUT2D eigenvalue weighted by atomic mass is 9.60. The molecule has 92 heavy (non-hydrogen) atoms. The zero-order valence-electron chi connectivity index (χ0n) is 54.7. The fourth-order valence-electron chi connectivity index (χ4n) is 13.3. The maximum absolute atomic E-state index is 15.0. The van der Waals surface area contributed by atoms with Crippen molar-refractivity contribution in [3.63, 3.8) is 0 Å². The Bertz CT molecular complexity index is 3760. The van der Waals surface area contributed by atoms with Crippen LogP contribution in [0.5, 0.6) is 5.75 Å². The molecule has 0 bridgehead atoms. The first-order chi connectivity index (χ1) is 43.9. The number of nitriles is 1. The first-order valence-electron chi connectivity index (χ1n) is 32.1. The molecule has 2 aliphatic heterocycles. The van der Waals surface area contributed by atoms with Crippen LogP contribution in [0.4, 0.5) is 11.4 Å².